The Balaban J connectivity index is 1.47. The Bertz CT molecular complexity index is 1280. The largest absolute Gasteiger partial charge is 0.341 e. The molecule has 7 nitrogen and oxygen atoms in total. The number of carbonyl (C=O) groups is 3. The standard InChI is InChI=1S/C28H28FN3O4/c1-30(19-20-7-3-2-4-8-20)27(35)22-14-17-31(18-15-22)28(36)25(32-16-6-5-9-24(32)33)26(34)21-10-12-23(29)13-11-21/h2-13,16,22,25H,14-15,17-19H2,1H3. The van der Waals surface area contributed by atoms with Gasteiger partial charge in [0.25, 0.3) is 11.5 Å². The van der Waals surface area contributed by atoms with Crippen molar-refractivity contribution in [2.45, 2.75) is 25.4 Å². The summed E-state index contributed by atoms with van der Waals surface area (Å²) in [6.45, 7) is 1.09. The van der Waals surface area contributed by atoms with E-state index < -0.39 is 29.1 Å². The molecule has 8 heteroatoms. The second kappa shape index (κ2) is 11.1. The molecule has 36 heavy (non-hydrogen) atoms. The van der Waals surface area contributed by atoms with E-state index in [-0.39, 0.29) is 17.4 Å². The highest BCUT2D eigenvalue weighted by Crippen LogP contribution is 2.24. The molecule has 2 amide bonds. The fourth-order valence-electron chi connectivity index (χ4n) is 4.55. The van der Waals surface area contributed by atoms with Crippen LogP contribution in [0.15, 0.2) is 83.8 Å². The summed E-state index contributed by atoms with van der Waals surface area (Å²) in [6.07, 6.45) is 2.33. The lowest BCUT2D eigenvalue weighted by Crippen LogP contribution is -2.48. The molecular formula is C28H28FN3O4. The number of carbonyl (C=O) groups excluding carboxylic acids is 3. The zero-order valence-electron chi connectivity index (χ0n) is 20.0. The number of benzene rings is 2. The van der Waals surface area contributed by atoms with Gasteiger partial charge in [-0.05, 0) is 48.7 Å². The van der Waals surface area contributed by atoms with Crippen LogP contribution in [0.1, 0.15) is 34.8 Å². The molecule has 0 aliphatic carbocycles. The van der Waals surface area contributed by atoms with Gasteiger partial charge in [-0.2, -0.15) is 0 Å². The van der Waals surface area contributed by atoms with Crippen LogP contribution in [0, 0.1) is 11.7 Å². The molecule has 2 heterocycles. The molecule has 0 spiro atoms. The molecule has 3 aromatic rings. The van der Waals surface area contributed by atoms with Gasteiger partial charge in [-0.15, -0.1) is 0 Å². The maximum atomic E-state index is 13.6. The van der Waals surface area contributed by atoms with Crippen molar-refractivity contribution in [2.24, 2.45) is 5.92 Å². The SMILES string of the molecule is CN(Cc1ccccc1)C(=O)C1CCN(C(=O)C(C(=O)c2ccc(F)cc2)n2ccccc2=O)CC1. The van der Waals surface area contributed by atoms with Crippen LogP contribution in [0.5, 0.6) is 0 Å². The number of amides is 2. The molecule has 0 saturated carbocycles. The number of rotatable bonds is 7. The molecule has 0 radical (unpaired) electrons. The van der Waals surface area contributed by atoms with Gasteiger partial charge >= 0.3 is 0 Å². The topological polar surface area (TPSA) is 79.7 Å². The van der Waals surface area contributed by atoms with Crippen molar-refractivity contribution >= 4 is 17.6 Å². The van der Waals surface area contributed by atoms with Gasteiger partial charge in [-0.25, -0.2) is 4.39 Å². The third-order valence-corrected chi connectivity index (χ3v) is 6.53. The number of likely N-dealkylation sites (tertiary alicyclic amines) is 1. The molecule has 1 unspecified atom stereocenters. The molecule has 0 N–H and O–H groups in total. The van der Waals surface area contributed by atoms with Crippen LogP contribution < -0.4 is 5.56 Å². The van der Waals surface area contributed by atoms with E-state index in [1.807, 2.05) is 30.3 Å². The van der Waals surface area contributed by atoms with E-state index in [1.165, 1.54) is 35.4 Å². The molecule has 4 rings (SSSR count). The van der Waals surface area contributed by atoms with E-state index in [4.69, 9.17) is 0 Å². The normalized spacial score (nSPS) is 14.8. The number of Topliss-reactive ketones (excluding diaryl/α,β-unsaturated/α-hetero) is 1. The van der Waals surface area contributed by atoms with E-state index in [0.717, 1.165) is 22.3 Å². The highest BCUT2D eigenvalue weighted by molar-refractivity contribution is 6.11. The van der Waals surface area contributed by atoms with Gasteiger partial charge in [0, 0.05) is 50.4 Å². The smallest absolute Gasteiger partial charge is 0.253 e. The maximum absolute atomic E-state index is 13.6. The third kappa shape index (κ3) is 5.59. The predicted molar refractivity (Wildman–Crippen MR) is 133 cm³/mol. The number of halogens is 1. The molecule has 1 aliphatic heterocycles. The highest BCUT2D eigenvalue weighted by Gasteiger charge is 2.36. The number of aromatic nitrogens is 1. The molecule has 0 bridgehead atoms. The number of hydrogen-bond acceptors (Lipinski definition) is 4. The maximum Gasteiger partial charge on any atom is 0.253 e. The fourth-order valence-corrected chi connectivity index (χ4v) is 4.55. The number of ketones is 1. The van der Waals surface area contributed by atoms with E-state index in [1.54, 1.807) is 18.0 Å². The Kier molecular flexibility index (Phi) is 7.73. The zero-order chi connectivity index (χ0) is 25.7. The number of nitrogens with zero attached hydrogens (tertiary/aromatic N) is 3. The molecule has 1 aliphatic rings. The summed E-state index contributed by atoms with van der Waals surface area (Å²) in [5.74, 6) is -1.82. The first-order chi connectivity index (χ1) is 17.3. The summed E-state index contributed by atoms with van der Waals surface area (Å²) in [5, 5.41) is 0. The summed E-state index contributed by atoms with van der Waals surface area (Å²) in [7, 11) is 1.77. The van der Waals surface area contributed by atoms with Crippen molar-refractivity contribution in [2.75, 3.05) is 20.1 Å². The molecule has 2 aromatic carbocycles. The van der Waals surface area contributed by atoms with Crippen molar-refractivity contribution in [3.8, 4) is 0 Å². The molecule has 1 saturated heterocycles. The first-order valence-electron chi connectivity index (χ1n) is 11.9. The number of piperidine rings is 1. The summed E-state index contributed by atoms with van der Waals surface area (Å²) < 4.78 is 14.5. The van der Waals surface area contributed by atoms with E-state index >= 15 is 0 Å². The lowest BCUT2D eigenvalue weighted by Gasteiger charge is -2.35. The van der Waals surface area contributed by atoms with Crippen molar-refractivity contribution in [3.63, 3.8) is 0 Å². The van der Waals surface area contributed by atoms with Crippen LogP contribution in [0.25, 0.3) is 0 Å². The Labute approximate surface area is 208 Å². The minimum atomic E-state index is -1.41. The second-order valence-corrected chi connectivity index (χ2v) is 9.00. The van der Waals surface area contributed by atoms with Crippen molar-refractivity contribution in [1.29, 1.82) is 0 Å². The van der Waals surface area contributed by atoms with Gasteiger partial charge in [0.15, 0.2) is 11.8 Å². The molecule has 1 fully saturated rings. The Morgan fingerprint density at radius 3 is 2.22 bits per heavy atom. The monoisotopic (exact) mass is 489 g/mol. The number of pyridine rings is 1. The Morgan fingerprint density at radius 2 is 1.58 bits per heavy atom. The second-order valence-electron chi connectivity index (χ2n) is 9.00. The van der Waals surface area contributed by atoms with Gasteiger partial charge in [0.05, 0.1) is 0 Å². The number of hydrogen-bond donors (Lipinski definition) is 0. The van der Waals surface area contributed by atoms with Crippen LogP contribution in [-0.4, -0.2) is 52.1 Å². The van der Waals surface area contributed by atoms with Crippen molar-refractivity contribution in [1.82, 2.24) is 14.4 Å². The summed E-state index contributed by atoms with van der Waals surface area (Å²) in [4.78, 5) is 55.7. The lowest BCUT2D eigenvalue weighted by molar-refractivity contribution is -0.141. The molecular weight excluding hydrogens is 461 g/mol. The summed E-state index contributed by atoms with van der Waals surface area (Å²) in [5.41, 5.74) is 0.688. The van der Waals surface area contributed by atoms with E-state index in [9.17, 15) is 23.6 Å². The van der Waals surface area contributed by atoms with Gasteiger partial charge in [0.1, 0.15) is 5.82 Å². The quantitative estimate of drug-likeness (QED) is 0.377. The average Bonchev–Trinajstić information content (AvgIpc) is 2.90. The van der Waals surface area contributed by atoms with Gasteiger partial charge < -0.3 is 9.80 Å². The Hall–Kier alpha value is -4.07. The minimum absolute atomic E-state index is 0.0177. The highest BCUT2D eigenvalue weighted by atomic mass is 19.1. The summed E-state index contributed by atoms with van der Waals surface area (Å²) >= 11 is 0. The van der Waals surface area contributed by atoms with Crippen LogP contribution in [0.3, 0.4) is 0 Å². The third-order valence-electron chi connectivity index (χ3n) is 6.53. The zero-order valence-corrected chi connectivity index (χ0v) is 20.0. The van der Waals surface area contributed by atoms with Crippen LogP contribution in [0.4, 0.5) is 4.39 Å². The van der Waals surface area contributed by atoms with Gasteiger partial charge in [-0.3, -0.25) is 23.7 Å². The first kappa shape index (κ1) is 25.0. The predicted octanol–water partition coefficient (Wildman–Crippen LogP) is 3.31. The van der Waals surface area contributed by atoms with Gasteiger partial charge in [0.2, 0.25) is 5.91 Å². The lowest BCUT2D eigenvalue weighted by atomic mass is 9.94. The summed E-state index contributed by atoms with van der Waals surface area (Å²) in [6, 6.07) is 17.6. The van der Waals surface area contributed by atoms with Crippen LogP contribution >= 0.6 is 0 Å². The van der Waals surface area contributed by atoms with Crippen LogP contribution in [-0.2, 0) is 16.1 Å². The minimum Gasteiger partial charge on any atom is -0.341 e. The fraction of sp³-hybridized carbons (Fsp3) is 0.286. The molecule has 1 atom stereocenters. The van der Waals surface area contributed by atoms with E-state index in [2.05, 4.69) is 0 Å². The molecule has 186 valence electrons. The van der Waals surface area contributed by atoms with Crippen molar-refractivity contribution in [3.05, 3.63) is 106 Å². The van der Waals surface area contributed by atoms with Gasteiger partial charge in [-0.1, -0.05) is 36.4 Å². The first-order valence-corrected chi connectivity index (χ1v) is 11.9. The van der Waals surface area contributed by atoms with E-state index in [0.29, 0.717) is 32.5 Å². The Morgan fingerprint density at radius 1 is 0.944 bits per heavy atom. The molecule has 1 aromatic heterocycles. The average molecular weight is 490 g/mol. The van der Waals surface area contributed by atoms with Crippen LogP contribution in [0.2, 0.25) is 0 Å². The van der Waals surface area contributed by atoms with Crippen molar-refractivity contribution < 1.29 is 18.8 Å².